The molecule has 0 spiro atoms. The van der Waals surface area contributed by atoms with E-state index in [4.69, 9.17) is 9.72 Å². The van der Waals surface area contributed by atoms with Gasteiger partial charge in [0.25, 0.3) is 5.91 Å². The van der Waals surface area contributed by atoms with Crippen LogP contribution < -0.4 is 10.1 Å². The van der Waals surface area contributed by atoms with Crippen LogP contribution in [0.4, 0.5) is 0 Å². The number of ether oxygens (including phenoxy) is 1. The zero-order chi connectivity index (χ0) is 21.5. The smallest absolute Gasteiger partial charge is 0.261 e. The summed E-state index contributed by atoms with van der Waals surface area (Å²) in [6, 6.07) is 19.8. The Kier molecular flexibility index (Phi) is 6.79. The molecule has 31 heavy (non-hydrogen) atoms. The van der Waals surface area contributed by atoms with E-state index >= 15 is 0 Å². The number of imidazole rings is 1. The summed E-state index contributed by atoms with van der Waals surface area (Å²) in [6.45, 7) is 5.56. The summed E-state index contributed by atoms with van der Waals surface area (Å²) < 4.78 is 8.21. The molecule has 0 radical (unpaired) electrons. The van der Waals surface area contributed by atoms with Gasteiger partial charge in [-0.1, -0.05) is 42.5 Å². The SMILES string of the molecule is C=CCc1ccccc1OCCCn1c(CNC(=O)c2cccs2)nc2ccccc21. The summed E-state index contributed by atoms with van der Waals surface area (Å²) in [5.41, 5.74) is 3.14. The van der Waals surface area contributed by atoms with Crippen LogP contribution in [-0.4, -0.2) is 22.1 Å². The molecule has 4 rings (SSSR count). The molecule has 0 unspecified atom stereocenters. The van der Waals surface area contributed by atoms with E-state index in [-0.39, 0.29) is 5.91 Å². The van der Waals surface area contributed by atoms with Crippen LogP contribution in [0.3, 0.4) is 0 Å². The summed E-state index contributed by atoms with van der Waals surface area (Å²) in [6.07, 6.45) is 3.50. The molecule has 0 atom stereocenters. The zero-order valence-corrected chi connectivity index (χ0v) is 18.1. The molecule has 4 aromatic rings. The number of carbonyl (C=O) groups excluding carboxylic acids is 1. The Balaban J connectivity index is 1.42. The first kappa shape index (κ1) is 20.9. The van der Waals surface area contributed by atoms with Gasteiger partial charge in [0.1, 0.15) is 11.6 Å². The molecule has 0 saturated carbocycles. The van der Waals surface area contributed by atoms with Crippen molar-refractivity contribution in [3.05, 3.63) is 95.0 Å². The molecule has 0 aliphatic rings. The van der Waals surface area contributed by atoms with Gasteiger partial charge in [0.2, 0.25) is 0 Å². The Bertz CT molecular complexity index is 1160. The number of aromatic nitrogens is 2. The number of hydrogen-bond acceptors (Lipinski definition) is 4. The van der Waals surface area contributed by atoms with Gasteiger partial charge in [-0.2, -0.15) is 0 Å². The summed E-state index contributed by atoms with van der Waals surface area (Å²) in [4.78, 5) is 17.8. The monoisotopic (exact) mass is 431 g/mol. The van der Waals surface area contributed by atoms with Gasteiger partial charge in [-0.3, -0.25) is 4.79 Å². The number of rotatable bonds is 10. The van der Waals surface area contributed by atoms with Crippen molar-refractivity contribution in [2.24, 2.45) is 0 Å². The maximum Gasteiger partial charge on any atom is 0.261 e. The van der Waals surface area contributed by atoms with Gasteiger partial charge < -0.3 is 14.6 Å². The fraction of sp³-hybridized carbons (Fsp3) is 0.200. The van der Waals surface area contributed by atoms with E-state index in [9.17, 15) is 4.79 Å². The number of hydrogen-bond donors (Lipinski definition) is 1. The molecule has 2 heterocycles. The minimum absolute atomic E-state index is 0.0734. The van der Waals surface area contributed by atoms with Gasteiger partial charge in [0.05, 0.1) is 29.1 Å². The molecular formula is C25H25N3O2S. The highest BCUT2D eigenvalue weighted by atomic mass is 32.1. The van der Waals surface area contributed by atoms with Crippen LogP contribution in [0.1, 0.15) is 27.5 Å². The van der Waals surface area contributed by atoms with E-state index in [0.717, 1.165) is 47.6 Å². The Morgan fingerprint density at radius 1 is 1.13 bits per heavy atom. The number of allylic oxidation sites excluding steroid dienone is 1. The number of thiophene rings is 1. The summed E-state index contributed by atoms with van der Waals surface area (Å²) in [5, 5.41) is 4.89. The second-order valence-corrected chi connectivity index (χ2v) is 8.08. The van der Waals surface area contributed by atoms with Crippen LogP contribution in [0.5, 0.6) is 5.75 Å². The Hall–Kier alpha value is -3.38. The van der Waals surface area contributed by atoms with E-state index in [0.29, 0.717) is 18.0 Å². The van der Waals surface area contributed by atoms with E-state index in [1.807, 2.05) is 60.0 Å². The quantitative estimate of drug-likeness (QED) is 0.276. The lowest BCUT2D eigenvalue weighted by Crippen LogP contribution is -2.24. The van der Waals surface area contributed by atoms with E-state index < -0.39 is 0 Å². The topological polar surface area (TPSA) is 56.1 Å². The molecule has 0 aliphatic carbocycles. The highest BCUT2D eigenvalue weighted by Gasteiger charge is 2.13. The normalized spacial score (nSPS) is 10.8. The molecule has 2 aromatic heterocycles. The predicted molar refractivity (Wildman–Crippen MR) is 126 cm³/mol. The van der Waals surface area contributed by atoms with Gasteiger partial charge in [-0.15, -0.1) is 17.9 Å². The van der Waals surface area contributed by atoms with Crippen LogP contribution in [0.15, 0.2) is 78.7 Å². The van der Waals surface area contributed by atoms with Crippen molar-refractivity contribution in [1.82, 2.24) is 14.9 Å². The number of benzene rings is 2. The van der Waals surface area contributed by atoms with E-state index in [1.54, 1.807) is 0 Å². The number of amides is 1. The molecule has 1 amide bonds. The molecule has 158 valence electrons. The van der Waals surface area contributed by atoms with Crippen LogP contribution in [0.2, 0.25) is 0 Å². The lowest BCUT2D eigenvalue weighted by molar-refractivity contribution is 0.0953. The van der Waals surface area contributed by atoms with Gasteiger partial charge >= 0.3 is 0 Å². The average Bonchev–Trinajstić information content (AvgIpc) is 3.45. The Morgan fingerprint density at radius 2 is 1.97 bits per heavy atom. The second-order valence-electron chi connectivity index (χ2n) is 7.13. The molecule has 6 heteroatoms. The second kappa shape index (κ2) is 10.1. The number of nitrogens with one attached hydrogen (secondary N) is 1. The molecule has 2 aromatic carbocycles. The molecule has 5 nitrogen and oxygen atoms in total. The molecule has 0 bridgehead atoms. The third kappa shape index (κ3) is 5.03. The minimum atomic E-state index is -0.0734. The standard InChI is InChI=1S/C25H25N3O2S/c1-2-9-19-10-3-6-13-22(19)30-16-8-15-28-21-12-5-4-11-20(21)27-24(28)18-26-25(29)23-14-7-17-31-23/h2-7,10-14,17H,1,8-9,15-16,18H2,(H,26,29). The van der Waals surface area contributed by atoms with Crippen LogP contribution >= 0.6 is 11.3 Å². The third-order valence-corrected chi connectivity index (χ3v) is 5.87. The fourth-order valence-corrected chi connectivity index (χ4v) is 4.18. The molecule has 1 N–H and O–H groups in total. The highest BCUT2D eigenvalue weighted by molar-refractivity contribution is 7.12. The maximum absolute atomic E-state index is 12.3. The molecule has 0 saturated heterocycles. The first-order valence-electron chi connectivity index (χ1n) is 10.3. The van der Waals surface area contributed by atoms with Crippen molar-refractivity contribution in [3.63, 3.8) is 0 Å². The summed E-state index contributed by atoms with van der Waals surface area (Å²) in [5.74, 6) is 1.68. The van der Waals surface area contributed by atoms with Crippen molar-refractivity contribution in [2.45, 2.75) is 25.9 Å². The predicted octanol–water partition coefficient (Wildman–Crippen LogP) is 5.23. The van der Waals surface area contributed by atoms with Gasteiger partial charge in [0, 0.05) is 6.54 Å². The number of aryl methyl sites for hydroxylation is 1. The highest BCUT2D eigenvalue weighted by Crippen LogP contribution is 2.20. The van der Waals surface area contributed by atoms with Crippen molar-refractivity contribution < 1.29 is 9.53 Å². The first-order chi connectivity index (χ1) is 15.3. The molecule has 0 fully saturated rings. The lowest BCUT2D eigenvalue weighted by atomic mass is 10.1. The Morgan fingerprint density at radius 3 is 2.81 bits per heavy atom. The number of para-hydroxylation sites is 3. The van der Waals surface area contributed by atoms with E-state index in [1.165, 1.54) is 11.3 Å². The van der Waals surface area contributed by atoms with Gasteiger partial charge in [0.15, 0.2) is 0 Å². The number of fused-ring (bicyclic) bond motifs is 1. The summed E-state index contributed by atoms with van der Waals surface area (Å²) >= 11 is 1.43. The van der Waals surface area contributed by atoms with Crippen LogP contribution in [0, 0.1) is 0 Å². The van der Waals surface area contributed by atoms with Crippen molar-refractivity contribution in [1.29, 1.82) is 0 Å². The maximum atomic E-state index is 12.3. The zero-order valence-electron chi connectivity index (χ0n) is 17.3. The van der Waals surface area contributed by atoms with Crippen molar-refractivity contribution in [3.8, 4) is 5.75 Å². The number of nitrogens with zero attached hydrogens (tertiary/aromatic N) is 2. The fourth-order valence-electron chi connectivity index (χ4n) is 3.54. The number of carbonyl (C=O) groups is 1. The van der Waals surface area contributed by atoms with Crippen molar-refractivity contribution in [2.75, 3.05) is 6.61 Å². The van der Waals surface area contributed by atoms with Gasteiger partial charge in [-0.05, 0) is 48.1 Å². The Labute approximate surface area is 186 Å². The lowest BCUT2D eigenvalue weighted by Gasteiger charge is -2.12. The van der Waals surface area contributed by atoms with Crippen LogP contribution in [0.25, 0.3) is 11.0 Å². The van der Waals surface area contributed by atoms with Crippen molar-refractivity contribution >= 4 is 28.3 Å². The van der Waals surface area contributed by atoms with Gasteiger partial charge in [-0.25, -0.2) is 4.98 Å². The third-order valence-electron chi connectivity index (χ3n) is 5.01. The largest absolute Gasteiger partial charge is 0.493 e. The average molecular weight is 432 g/mol. The van der Waals surface area contributed by atoms with E-state index in [2.05, 4.69) is 28.6 Å². The molecular weight excluding hydrogens is 406 g/mol. The first-order valence-corrected chi connectivity index (χ1v) is 11.2. The minimum Gasteiger partial charge on any atom is -0.493 e. The van der Waals surface area contributed by atoms with Crippen LogP contribution in [-0.2, 0) is 19.5 Å². The summed E-state index contributed by atoms with van der Waals surface area (Å²) in [7, 11) is 0. The molecule has 0 aliphatic heterocycles.